The Hall–Kier alpha value is -0.610. The first-order chi connectivity index (χ1) is 6.74. The summed E-state index contributed by atoms with van der Waals surface area (Å²) in [6.07, 6.45) is 3.98. The van der Waals surface area contributed by atoms with Gasteiger partial charge in [0, 0.05) is 12.6 Å². The van der Waals surface area contributed by atoms with Crippen molar-refractivity contribution in [3.05, 3.63) is 0 Å². The minimum atomic E-state index is -0.124. The van der Waals surface area contributed by atoms with Crippen LogP contribution in [0.1, 0.15) is 25.7 Å². The number of aliphatic hydroxyl groups excluding tert-OH is 1. The summed E-state index contributed by atoms with van der Waals surface area (Å²) in [6, 6.07) is 0.589. The lowest BCUT2D eigenvalue weighted by atomic mass is 9.82. The average molecular weight is 198 g/mol. The van der Waals surface area contributed by atoms with Gasteiger partial charge in [-0.3, -0.25) is 4.79 Å². The quantitative estimate of drug-likeness (QED) is 0.564. The molecule has 0 aromatic rings. The molecule has 0 aromatic carbocycles. The number of hydrogen-bond donors (Lipinski definition) is 3. The Kier molecular flexibility index (Phi) is 3.03. The van der Waals surface area contributed by atoms with E-state index in [1.165, 1.54) is 12.8 Å². The molecular weight excluding hydrogens is 180 g/mol. The molecule has 0 unspecified atom stereocenters. The molecule has 0 atom stereocenters. The molecule has 2 saturated carbocycles. The molecule has 4 nitrogen and oxygen atoms in total. The van der Waals surface area contributed by atoms with E-state index < -0.39 is 0 Å². The van der Waals surface area contributed by atoms with Crippen LogP contribution in [0.5, 0.6) is 0 Å². The minimum Gasteiger partial charge on any atom is -0.393 e. The smallest absolute Gasteiger partial charge is 0.233 e. The fourth-order valence-corrected chi connectivity index (χ4v) is 1.71. The van der Waals surface area contributed by atoms with Crippen LogP contribution < -0.4 is 10.6 Å². The molecule has 80 valence electrons. The number of carbonyl (C=O) groups excluding carboxylic acids is 1. The summed E-state index contributed by atoms with van der Waals surface area (Å²) >= 11 is 0. The fraction of sp³-hybridized carbons (Fsp3) is 0.900. The highest BCUT2D eigenvalue weighted by Gasteiger charge is 2.27. The molecule has 1 amide bonds. The highest BCUT2D eigenvalue weighted by molar-refractivity contribution is 5.78. The molecule has 0 heterocycles. The van der Waals surface area contributed by atoms with Gasteiger partial charge in [-0.05, 0) is 31.6 Å². The van der Waals surface area contributed by atoms with Crippen molar-refractivity contribution in [2.45, 2.75) is 37.8 Å². The SMILES string of the molecule is O=C(CNC1CC1)NCC1CC(O)C1. The lowest BCUT2D eigenvalue weighted by molar-refractivity contribution is -0.120. The zero-order valence-corrected chi connectivity index (χ0v) is 8.33. The van der Waals surface area contributed by atoms with Gasteiger partial charge in [0.15, 0.2) is 0 Å². The van der Waals surface area contributed by atoms with Gasteiger partial charge in [0.05, 0.1) is 12.6 Å². The van der Waals surface area contributed by atoms with Crippen LogP contribution in [0.15, 0.2) is 0 Å². The number of amides is 1. The molecule has 2 rings (SSSR count). The van der Waals surface area contributed by atoms with Crippen molar-refractivity contribution in [3.63, 3.8) is 0 Å². The summed E-state index contributed by atoms with van der Waals surface area (Å²) in [5.74, 6) is 0.577. The molecule has 0 aromatic heterocycles. The summed E-state index contributed by atoms with van der Waals surface area (Å²) in [6.45, 7) is 1.17. The van der Waals surface area contributed by atoms with E-state index in [1.807, 2.05) is 0 Å². The molecule has 2 aliphatic rings. The predicted molar refractivity (Wildman–Crippen MR) is 52.8 cm³/mol. The van der Waals surface area contributed by atoms with E-state index in [0.717, 1.165) is 19.4 Å². The van der Waals surface area contributed by atoms with Crippen molar-refractivity contribution in [1.82, 2.24) is 10.6 Å². The summed E-state index contributed by atoms with van der Waals surface area (Å²) in [5, 5.41) is 15.1. The van der Waals surface area contributed by atoms with Gasteiger partial charge in [-0.25, -0.2) is 0 Å². The summed E-state index contributed by atoms with van der Waals surface area (Å²) in [7, 11) is 0. The first-order valence-corrected chi connectivity index (χ1v) is 5.42. The lowest BCUT2D eigenvalue weighted by Crippen LogP contribution is -2.41. The standard InChI is InChI=1S/C10H18N2O2/c13-9-3-7(4-9)5-12-10(14)6-11-8-1-2-8/h7-9,11,13H,1-6H2,(H,12,14). The third-order valence-electron chi connectivity index (χ3n) is 2.93. The van der Waals surface area contributed by atoms with E-state index in [0.29, 0.717) is 18.5 Å². The Morgan fingerprint density at radius 3 is 2.64 bits per heavy atom. The molecule has 3 N–H and O–H groups in total. The zero-order chi connectivity index (χ0) is 9.97. The summed E-state index contributed by atoms with van der Waals surface area (Å²) in [5.41, 5.74) is 0. The van der Waals surface area contributed by atoms with Crippen LogP contribution in [0.25, 0.3) is 0 Å². The van der Waals surface area contributed by atoms with Gasteiger partial charge in [-0.15, -0.1) is 0 Å². The second kappa shape index (κ2) is 4.28. The van der Waals surface area contributed by atoms with E-state index in [9.17, 15) is 4.79 Å². The molecular formula is C10H18N2O2. The Balaban J connectivity index is 1.49. The van der Waals surface area contributed by atoms with Crippen molar-refractivity contribution in [2.75, 3.05) is 13.1 Å². The maximum absolute atomic E-state index is 11.3. The molecule has 4 heteroatoms. The van der Waals surface area contributed by atoms with Crippen LogP contribution >= 0.6 is 0 Å². The monoisotopic (exact) mass is 198 g/mol. The Morgan fingerprint density at radius 2 is 2.07 bits per heavy atom. The number of hydrogen-bond acceptors (Lipinski definition) is 3. The number of aliphatic hydroxyl groups is 1. The predicted octanol–water partition coefficient (Wildman–Crippen LogP) is -0.375. The second-order valence-electron chi connectivity index (χ2n) is 4.45. The van der Waals surface area contributed by atoms with Crippen molar-refractivity contribution >= 4 is 5.91 Å². The Labute approximate surface area is 84.1 Å². The number of rotatable bonds is 5. The molecule has 0 radical (unpaired) electrons. The van der Waals surface area contributed by atoms with Gasteiger partial charge in [-0.2, -0.15) is 0 Å². The largest absolute Gasteiger partial charge is 0.393 e. The van der Waals surface area contributed by atoms with Gasteiger partial charge in [-0.1, -0.05) is 0 Å². The molecule has 2 aliphatic carbocycles. The first-order valence-electron chi connectivity index (χ1n) is 5.42. The van der Waals surface area contributed by atoms with Gasteiger partial charge >= 0.3 is 0 Å². The fourth-order valence-electron chi connectivity index (χ4n) is 1.71. The highest BCUT2D eigenvalue weighted by atomic mass is 16.3. The van der Waals surface area contributed by atoms with Gasteiger partial charge in [0.25, 0.3) is 0 Å². The van der Waals surface area contributed by atoms with Crippen LogP contribution in [0.3, 0.4) is 0 Å². The summed E-state index contributed by atoms with van der Waals surface area (Å²) in [4.78, 5) is 11.3. The van der Waals surface area contributed by atoms with E-state index in [-0.39, 0.29) is 12.0 Å². The van der Waals surface area contributed by atoms with E-state index in [1.54, 1.807) is 0 Å². The van der Waals surface area contributed by atoms with Crippen LogP contribution in [-0.2, 0) is 4.79 Å². The van der Waals surface area contributed by atoms with E-state index in [4.69, 9.17) is 5.11 Å². The Bertz CT molecular complexity index is 210. The number of carbonyl (C=O) groups is 1. The Morgan fingerprint density at radius 1 is 1.36 bits per heavy atom. The molecule has 0 aliphatic heterocycles. The van der Waals surface area contributed by atoms with Crippen molar-refractivity contribution < 1.29 is 9.90 Å². The topological polar surface area (TPSA) is 61.4 Å². The minimum absolute atomic E-state index is 0.0817. The maximum Gasteiger partial charge on any atom is 0.233 e. The third-order valence-corrected chi connectivity index (χ3v) is 2.93. The van der Waals surface area contributed by atoms with Crippen LogP contribution in [0.2, 0.25) is 0 Å². The molecule has 0 saturated heterocycles. The number of nitrogens with one attached hydrogen (secondary N) is 2. The molecule has 2 fully saturated rings. The van der Waals surface area contributed by atoms with Gasteiger partial charge in [0.2, 0.25) is 5.91 Å². The van der Waals surface area contributed by atoms with Crippen LogP contribution in [-0.4, -0.2) is 36.2 Å². The normalized spacial score (nSPS) is 30.9. The van der Waals surface area contributed by atoms with E-state index >= 15 is 0 Å². The van der Waals surface area contributed by atoms with Gasteiger partial charge < -0.3 is 15.7 Å². The van der Waals surface area contributed by atoms with E-state index in [2.05, 4.69) is 10.6 Å². The summed E-state index contributed by atoms with van der Waals surface area (Å²) < 4.78 is 0. The van der Waals surface area contributed by atoms with Crippen molar-refractivity contribution in [1.29, 1.82) is 0 Å². The maximum atomic E-state index is 11.3. The van der Waals surface area contributed by atoms with Crippen molar-refractivity contribution in [3.8, 4) is 0 Å². The highest BCUT2D eigenvalue weighted by Crippen LogP contribution is 2.25. The zero-order valence-electron chi connectivity index (χ0n) is 8.33. The molecule has 0 bridgehead atoms. The van der Waals surface area contributed by atoms with Crippen molar-refractivity contribution in [2.24, 2.45) is 5.92 Å². The lowest BCUT2D eigenvalue weighted by Gasteiger charge is -2.31. The van der Waals surface area contributed by atoms with Crippen LogP contribution in [0.4, 0.5) is 0 Å². The molecule has 0 spiro atoms. The molecule has 14 heavy (non-hydrogen) atoms. The van der Waals surface area contributed by atoms with Crippen LogP contribution in [0, 0.1) is 5.92 Å². The first kappa shape index (κ1) is 9.93. The second-order valence-corrected chi connectivity index (χ2v) is 4.45. The average Bonchev–Trinajstić information content (AvgIpc) is 2.90. The van der Waals surface area contributed by atoms with Gasteiger partial charge in [0.1, 0.15) is 0 Å². The third kappa shape index (κ3) is 2.96.